The second kappa shape index (κ2) is 6.84. The Morgan fingerprint density at radius 3 is 2.48 bits per heavy atom. The van der Waals surface area contributed by atoms with Crippen LogP contribution in [0.5, 0.6) is 0 Å². The van der Waals surface area contributed by atoms with Gasteiger partial charge in [-0.25, -0.2) is 4.79 Å². The summed E-state index contributed by atoms with van der Waals surface area (Å²) in [6, 6.07) is 16.3. The van der Waals surface area contributed by atoms with Crippen LogP contribution < -0.4 is 5.32 Å². The minimum atomic E-state index is -0.457. The maximum Gasteiger partial charge on any atom is 0.325 e. The van der Waals surface area contributed by atoms with Crippen molar-refractivity contribution in [1.29, 1.82) is 0 Å². The zero-order valence-electron chi connectivity index (χ0n) is 12.5. The van der Waals surface area contributed by atoms with Gasteiger partial charge in [0.15, 0.2) is 0 Å². The third kappa shape index (κ3) is 3.71. The van der Waals surface area contributed by atoms with Crippen LogP contribution in [-0.2, 0) is 17.8 Å². The van der Waals surface area contributed by atoms with Gasteiger partial charge in [-0.2, -0.15) is 0 Å². The number of benzene rings is 2. The number of halogens is 1. The van der Waals surface area contributed by atoms with Gasteiger partial charge in [-0.15, -0.1) is 0 Å². The first-order chi connectivity index (χ1) is 11.1. The molecule has 4 nitrogen and oxygen atoms in total. The highest BCUT2D eigenvalue weighted by Crippen LogP contribution is 2.18. The zero-order chi connectivity index (χ0) is 16.2. The molecule has 118 valence electrons. The summed E-state index contributed by atoms with van der Waals surface area (Å²) in [6.45, 7) is 0.243. The van der Waals surface area contributed by atoms with Crippen molar-refractivity contribution in [1.82, 2.24) is 10.2 Å². The normalized spacial score (nSPS) is 17.4. The Morgan fingerprint density at radius 2 is 1.74 bits per heavy atom. The van der Waals surface area contributed by atoms with Crippen molar-refractivity contribution in [2.45, 2.75) is 25.4 Å². The lowest BCUT2D eigenvalue weighted by atomic mass is 10.1. The molecule has 1 N–H and O–H groups in total. The maximum absolute atomic E-state index is 12.4. The lowest BCUT2D eigenvalue weighted by Gasteiger charge is -2.13. The molecule has 3 amide bonds. The van der Waals surface area contributed by atoms with Gasteiger partial charge in [0.25, 0.3) is 5.91 Å². The van der Waals surface area contributed by atoms with E-state index in [1.807, 2.05) is 42.5 Å². The standard InChI is InChI=1S/C18H17ClN2O2/c19-15-8-4-7-14(11-15)12-21-17(22)16(20-18(21)23)10-9-13-5-2-1-3-6-13/h1-8,11,16H,9-10,12H2,(H,20,23). The number of carbonyl (C=O) groups is 2. The van der Waals surface area contributed by atoms with Crippen LogP contribution in [0.2, 0.25) is 5.02 Å². The van der Waals surface area contributed by atoms with E-state index in [0.717, 1.165) is 17.5 Å². The van der Waals surface area contributed by atoms with Crippen LogP contribution in [-0.4, -0.2) is 22.9 Å². The molecule has 0 bridgehead atoms. The zero-order valence-corrected chi connectivity index (χ0v) is 13.3. The summed E-state index contributed by atoms with van der Waals surface area (Å²) in [5.74, 6) is -0.175. The van der Waals surface area contributed by atoms with Crippen molar-refractivity contribution >= 4 is 23.5 Å². The van der Waals surface area contributed by atoms with Gasteiger partial charge in [-0.3, -0.25) is 9.69 Å². The Balaban J connectivity index is 1.63. The van der Waals surface area contributed by atoms with E-state index < -0.39 is 6.04 Å². The highest BCUT2D eigenvalue weighted by molar-refractivity contribution is 6.30. The summed E-state index contributed by atoms with van der Waals surface area (Å²) in [6.07, 6.45) is 1.35. The molecule has 0 spiro atoms. The van der Waals surface area contributed by atoms with E-state index in [4.69, 9.17) is 11.6 Å². The number of nitrogens with one attached hydrogen (secondary N) is 1. The second-order valence-corrected chi connectivity index (χ2v) is 6.02. The fraction of sp³-hybridized carbons (Fsp3) is 0.222. The minimum Gasteiger partial charge on any atom is -0.326 e. The van der Waals surface area contributed by atoms with E-state index in [-0.39, 0.29) is 18.5 Å². The predicted octanol–water partition coefficient (Wildman–Crippen LogP) is 3.39. The fourth-order valence-electron chi connectivity index (χ4n) is 2.70. The van der Waals surface area contributed by atoms with E-state index in [1.165, 1.54) is 4.90 Å². The van der Waals surface area contributed by atoms with Crippen molar-refractivity contribution in [3.05, 3.63) is 70.7 Å². The number of amides is 3. The lowest BCUT2D eigenvalue weighted by Crippen LogP contribution is -2.31. The Morgan fingerprint density at radius 1 is 1.00 bits per heavy atom. The van der Waals surface area contributed by atoms with Crippen molar-refractivity contribution in [2.24, 2.45) is 0 Å². The molecule has 1 atom stereocenters. The molecule has 0 saturated carbocycles. The highest BCUT2D eigenvalue weighted by Gasteiger charge is 2.37. The largest absolute Gasteiger partial charge is 0.326 e. The molecule has 3 rings (SSSR count). The molecule has 2 aromatic rings. The summed E-state index contributed by atoms with van der Waals surface area (Å²) in [7, 11) is 0. The van der Waals surface area contributed by atoms with Crippen molar-refractivity contribution in [3.63, 3.8) is 0 Å². The quantitative estimate of drug-likeness (QED) is 0.855. The summed E-state index contributed by atoms with van der Waals surface area (Å²) in [4.78, 5) is 25.7. The van der Waals surface area contributed by atoms with E-state index >= 15 is 0 Å². The van der Waals surface area contributed by atoms with Crippen LogP contribution in [0.4, 0.5) is 4.79 Å². The number of rotatable bonds is 5. The fourth-order valence-corrected chi connectivity index (χ4v) is 2.91. The molecule has 1 fully saturated rings. The lowest BCUT2D eigenvalue weighted by molar-refractivity contribution is -0.128. The van der Waals surface area contributed by atoms with Gasteiger partial charge in [0, 0.05) is 5.02 Å². The molecule has 0 radical (unpaired) electrons. The first-order valence-electron chi connectivity index (χ1n) is 7.54. The number of hydrogen-bond acceptors (Lipinski definition) is 2. The predicted molar refractivity (Wildman–Crippen MR) is 89.1 cm³/mol. The monoisotopic (exact) mass is 328 g/mol. The molecule has 1 aliphatic rings. The Kier molecular flexibility index (Phi) is 4.63. The van der Waals surface area contributed by atoms with E-state index in [2.05, 4.69) is 5.32 Å². The van der Waals surface area contributed by atoms with Gasteiger partial charge in [0.2, 0.25) is 0 Å². The minimum absolute atomic E-state index is 0.175. The molecule has 1 saturated heterocycles. The van der Waals surface area contributed by atoms with Crippen LogP contribution in [0.15, 0.2) is 54.6 Å². The third-order valence-corrected chi connectivity index (χ3v) is 4.14. The Bertz CT molecular complexity index is 718. The van der Waals surface area contributed by atoms with Gasteiger partial charge in [-0.05, 0) is 36.1 Å². The van der Waals surface area contributed by atoms with Gasteiger partial charge in [-0.1, -0.05) is 54.1 Å². The van der Waals surface area contributed by atoms with Crippen LogP contribution in [0.1, 0.15) is 17.5 Å². The van der Waals surface area contributed by atoms with Gasteiger partial charge in [0.05, 0.1) is 6.54 Å². The molecule has 0 aliphatic carbocycles. The molecule has 0 aromatic heterocycles. The Labute approximate surface area is 140 Å². The number of imide groups is 1. The van der Waals surface area contributed by atoms with Gasteiger partial charge >= 0.3 is 6.03 Å². The topological polar surface area (TPSA) is 49.4 Å². The first-order valence-corrected chi connectivity index (χ1v) is 7.91. The van der Waals surface area contributed by atoms with Crippen LogP contribution in [0.25, 0.3) is 0 Å². The smallest absolute Gasteiger partial charge is 0.325 e. The van der Waals surface area contributed by atoms with E-state index in [9.17, 15) is 9.59 Å². The molecule has 1 unspecified atom stereocenters. The van der Waals surface area contributed by atoms with Crippen LogP contribution in [0, 0.1) is 0 Å². The molecular formula is C18H17ClN2O2. The molecular weight excluding hydrogens is 312 g/mol. The van der Waals surface area contributed by atoms with Crippen molar-refractivity contribution in [3.8, 4) is 0 Å². The molecule has 1 heterocycles. The Hall–Kier alpha value is -2.33. The number of urea groups is 1. The first kappa shape index (κ1) is 15.6. The average Bonchev–Trinajstić information content (AvgIpc) is 2.82. The van der Waals surface area contributed by atoms with Gasteiger partial charge < -0.3 is 5.32 Å². The molecule has 23 heavy (non-hydrogen) atoms. The number of hydrogen-bond donors (Lipinski definition) is 1. The maximum atomic E-state index is 12.4. The molecule has 5 heteroatoms. The van der Waals surface area contributed by atoms with Crippen LogP contribution >= 0.6 is 11.6 Å². The molecule has 1 aliphatic heterocycles. The van der Waals surface area contributed by atoms with Crippen LogP contribution in [0.3, 0.4) is 0 Å². The van der Waals surface area contributed by atoms with E-state index in [1.54, 1.807) is 12.1 Å². The average molecular weight is 329 g/mol. The summed E-state index contributed by atoms with van der Waals surface area (Å²) in [5.41, 5.74) is 1.99. The number of carbonyl (C=O) groups excluding carboxylic acids is 2. The van der Waals surface area contributed by atoms with Crippen molar-refractivity contribution < 1.29 is 9.59 Å². The SMILES string of the molecule is O=C1NC(CCc2ccccc2)C(=O)N1Cc1cccc(Cl)c1. The summed E-state index contributed by atoms with van der Waals surface area (Å²) in [5, 5.41) is 3.36. The van der Waals surface area contributed by atoms with Gasteiger partial charge in [0.1, 0.15) is 6.04 Å². The third-order valence-electron chi connectivity index (χ3n) is 3.90. The number of aryl methyl sites for hydroxylation is 1. The summed E-state index contributed by atoms with van der Waals surface area (Å²) < 4.78 is 0. The number of nitrogens with zero attached hydrogens (tertiary/aromatic N) is 1. The molecule has 2 aromatic carbocycles. The highest BCUT2D eigenvalue weighted by atomic mass is 35.5. The van der Waals surface area contributed by atoms with E-state index in [0.29, 0.717) is 11.4 Å². The second-order valence-electron chi connectivity index (χ2n) is 5.58. The summed E-state index contributed by atoms with van der Waals surface area (Å²) >= 11 is 5.95. The van der Waals surface area contributed by atoms with Crippen molar-refractivity contribution in [2.75, 3.05) is 0 Å².